The molecule has 0 saturated heterocycles. The number of ether oxygens (including phenoxy) is 1. The van der Waals surface area contributed by atoms with Crippen LogP contribution < -0.4 is 5.73 Å². The average Bonchev–Trinajstić information content (AvgIpc) is 2.53. The van der Waals surface area contributed by atoms with Gasteiger partial charge in [0.2, 0.25) is 0 Å². The van der Waals surface area contributed by atoms with Crippen LogP contribution in [-0.4, -0.2) is 22.5 Å². The Morgan fingerprint density at radius 3 is 2.42 bits per heavy atom. The average molecular weight is 384 g/mol. The van der Waals surface area contributed by atoms with Crippen LogP contribution in [0.4, 0.5) is 13.2 Å². The summed E-state index contributed by atoms with van der Waals surface area (Å²) >= 11 is 5.93. The lowest BCUT2D eigenvalue weighted by atomic mass is 9.76. The van der Waals surface area contributed by atoms with Crippen LogP contribution >= 0.6 is 11.6 Å². The number of aromatic nitrogens is 1. The third-order valence-corrected chi connectivity index (χ3v) is 4.80. The maximum absolute atomic E-state index is 15.2. The van der Waals surface area contributed by atoms with Gasteiger partial charge in [-0.1, -0.05) is 17.7 Å². The molecule has 1 aliphatic rings. The highest BCUT2D eigenvalue weighted by Gasteiger charge is 2.66. The molecule has 0 spiro atoms. The second-order valence-electron chi connectivity index (χ2n) is 6.80. The maximum Gasteiger partial charge on any atom is 0.315 e. The van der Waals surface area contributed by atoms with Crippen molar-refractivity contribution in [3.8, 4) is 11.1 Å². The van der Waals surface area contributed by atoms with Gasteiger partial charge in [0.25, 0.3) is 6.02 Å². The molecule has 2 heterocycles. The Labute approximate surface area is 153 Å². The molecule has 2 N–H and O–H groups in total. The summed E-state index contributed by atoms with van der Waals surface area (Å²) in [4.78, 5) is 7.75. The van der Waals surface area contributed by atoms with E-state index in [1.54, 1.807) is 6.07 Å². The van der Waals surface area contributed by atoms with Gasteiger partial charge >= 0.3 is 5.92 Å². The molecule has 0 bridgehead atoms. The molecule has 1 atom stereocenters. The Kier molecular flexibility index (Phi) is 4.18. The molecule has 2 aromatic rings. The highest BCUT2D eigenvalue weighted by molar-refractivity contribution is 6.30. The molecule has 1 unspecified atom stereocenters. The van der Waals surface area contributed by atoms with Gasteiger partial charge in [-0.2, -0.15) is 8.78 Å². The van der Waals surface area contributed by atoms with E-state index in [2.05, 4.69) is 9.98 Å². The molecule has 1 aliphatic heterocycles. The van der Waals surface area contributed by atoms with Crippen LogP contribution in [0.1, 0.15) is 26.3 Å². The summed E-state index contributed by atoms with van der Waals surface area (Å²) in [7, 11) is 0. The van der Waals surface area contributed by atoms with Crippen molar-refractivity contribution < 1.29 is 17.9 Å². The third-order valence-electron chi connectivity index (χ3n) is 4.59. The zero-order chi connectivity index (χ0) is 19.3. The molecular weight excluding hydrogens is 367 g/mol. The molecule has 1 aromatic carbocycles. The molecule has 0 fully saturated rings. The van der Waals surface area contributed by atoms with E-state index in [4.69, 9.17) is 22.1 Å². The first-order valence-corrected chi connectivity index (χ1v) is 8.19. The lowest BCUT2D eigenvalue weighted by Crippen LogP contribution is -2.62. The second-order valence-corrected chi connectivity index (χ2v) is 7.23. The van der Waals surface area contributed by atoms with E-state index in [0.717, 1.165) is 13.0 Å². The van der Waals surface area contributed by atoms with Crippen LogP contribution in [0, 0.1) is 5.82 Å². The predicted molar refractivity (Wildman–Crippen MR) is 93.7 cm³/mol. The highest BCUT2D eigenvalue weighted by atomic mass is 35.5. The molecule has 0 aliphatic carbocycles. The molecule has 26 heavy (non-hydrogen) atoms. The number of hydrogen-bond donors (Lipinski definition) is 1. The number of hydrogen-bond acceptors (Lipinski definition) is 4. The number of nitrogens with two attached hydrogens (primary N) is 1. The molecular formula is C18H17ClF3N3O. The number of pyridine rings is 1. The molecule has 3 rings (SSSR count). The summed E-state index contributed by atoms with van der Waals surface area (Å²) in [5, 5.41) is 0.374. The van der Waals surface area contributed by atoms with Crippen molar-refractivity contribution >= 4 is 17.6 Å². The van der Waals surface area contributed by atoms with Crippen LogP contribution in [-0.2, 0) is 10.3 Å². The Morgan fingerprint density at radius 2 is 1.77 bits per heavy atom. The fraction of sp³-hybridized carbons (Fsp3) is 0.333. The van der Waals surface area contributed by atoms with Crippen molar-refractivity contribution in [3.05, 3.63) is 53.1 Å². The SMILES string of the molecule is CC1(C)OC(N)=NC(C)(c2cc(-c3cncc(Cl)c3)ccc2F)C1(F)F. The van der Waals surface area contributed by atoms with Gasteiger partial charge in [-0.25, -0.2) is 9.38 Å². The molecule has 0 amide bonds. The predicted octanol–water partition coefficient (Wildman–Crippen LogP) is 4.52. The van der Waals surface area contributed by atoms with Gasteiger partial charge in [-0.3, -0.25) is 4.98 Å². The van der Waals surface area contributed by atoms with Gasteiger partial charge in [0.1, 0.15) is 5.82 Å². The van der Waals surface area contributed by atoms with Crippen LogP contribution in [0.5, 0.6) is 0 Å². The number of aliphatic imine (C=N–C) groups is 1. The number of alkyl halides is 2. The first-order chi connectivity index (χ1) is 12.0. The Balaban J connectivity index is 2.22. The van der Waals surface area contributed by atoms with E-state index in [-0.39, 0.29) is 5.56 Å². The van der Waals surface area contributed by atoms with E-state index in [9.17, 15) is 4.39 Å². The van der Waals surface area contributed by atoms with Gasteiger partial charge < -0.3 is 10.5 Å². The Morgan fingerprint density at radius 1 is 1.08 bits per heavy atom. The van der Waals surface area contributed by atoms with Crippen molar-refractivity contribution in [2.24, 2.45) is 10.7 Å². The van der Waals surface area contributed by atoms with E-state index in [1.807, 2.05) is 0 Å². The Bertz CT molecular complexity index is 901. The highest BCUT2D eigenvalue weighted by Crippen LogP contribution is 2.52. The smallest absolute Gasteiger partial charge is 0.315 e. The van der Waals surface area contributed by atoms with Crippen LogP contribution in [0.15, 0.2) is 41.7 Å². The minimum atomic E-state index is -3.53. The van der Waals surface area contributed by atoms with Crippen LogP contribution in [0.3, 0.4) is 0 Å². The maximum atomic E-state index is 15.2. The molecule has 4 nitrogen and oxygen atoms in total. The summed E-state index contributed by atoms with van der Waals surface area (Å²) in [6.45, 7) is 3.52. The standard InChI is InChI=1S/C18H17ClF3N3O/c1-16(2)18(21,22)17(3,25-15(23)26-16)13-7-10(4-5-14(13)20)11-6-12(19)9-24-8-11/h4-9H,1-3H3,(H2,23,25). The summed E-state index contributed by atoms with van der Waals surface area (Å²) in [6, 6.07) is 5.08. The zero-order valence-corrected chi connectivity index (χ0v) is 15.1. The molecule has 8 heteroatoms. The number of benzene rings is 1. The first-order valence-electron chi connectivity index (χ1n) is 7.81. The van der Waals surface area contributed by atoms with Crippen LogP contribution in [0.25, 0.3) is 11.1 Å². The van der Waals surface area contributed by atoms with Crippen LogP contribution in [0.2, 0.25) is 5.02 Å². The first kappa shape index (κ1) is 18.5. The fourth-order valence-electron chi connectivity index (χ4n) is 3.10. The monoisotopic (exact) mass is 383 g/mol. The summed E-state index contributed by atoms with van der Waals surface area (Å²) in [6.07, 6.45) is 2.95. The molecule has 138 valence electrons. The largest absolute Gasteiger partial charge is 0.453 e. The molecule has 0 radical (unpaired) electrons. The number of halogens is 4. The van der Waals surface area contributed by atoms with Gasteiger partial charge in [0.05, 0.1) is 5.02 Å². The van der Waals surface area contributed by atoms with Crippen molar-refractivity contribution in [3.63, 3.8) is 0 Å². The Hall–Kier alpha value is -2.28. The third kappa shape index (κ3) is 2.70. The second kappa shape index (κ2) is 5.87. The van der Waals surface area contributed by atoms with Crippen molar-refractivity contribution in [1.29, 1.82) is 0 Å². The lowest BCUT2D eigenvalue weighted by Gasteiger charge is -2.46. The summed E-state index contributed by atoms with van der Waals surface area (Å²) in [5.74, 6) is -4.35. The van der Waals surface area contributed by atoms with E-state index in [0.29, 0.717) is 16.1 Å². The normalized spacial score (nSPS) is 23.9. The molecule has 1 aromatic heterocycles. The van der Waals surface area contributed by atoms with Gasteiger partial charge in [0, 0.05) is 23.5 Å². The topological polar surface area (TPSA) is 60.5 Å². The molecule has 0 saturated carbocycles. The van der Waals surface area contributed by atoms with Gasteiger partial charge in [-0.05, 0) is 44.5 Å². The number of rotatable bonds is 2. The van der Waals surface area contributed by atoms with Crippen molar-refractivity contribution in [1.82, 2.24) is 4.98 Å². The summed E-state index contributed by atoms with van der Waals surface area (Å²) in [5.41, 5.74) is 2.15. The van der Waals surface area contributed by atoms with E-state index < -0.39 is 28.9 Å². The number of nitrogens with zero attached hydrogens (tertiary/aromatic N) is 2. The number of amidine groups is 1. The van der Waals surface area contributed by atoms with Gasteiger partial charge in [0.15, 0.2) is 11.1 Å². The minimum absolute atomic E-state index is 0.292. The van der Waals surface area contributed by atoms with Crippen molar-refractivity contribution in [2.75, 3.05) is 0 Å². The summed E-state index contributed by atoms with van der Waals surface area (Å²) < 4.78 is 50.0. The quantitative estimate of drug-likeness (QED) is 0.829. The van der Waals surface area contributed by atoms with E-state index >= 15 is 8.78 Å². The lowest BCUT2D eigenvalue weighted by molar-refractivity contribution is -0.207. The van der Waals surface area contributed by atoms with Crippen molar-refractivity contribution in [2.45, 2.75) is 37.8 Å². The zero-order valence-electron chi connectivity index (χ0n) is 14.4. The minimum Gasteiger partial charge on any atom is -0.453 e. The van der Waals surface area contributed by atoms with E-state index in [1.165, 1.54) is 38.4 Å². The van der Waals surface area contributed by atoms with Gasteiger partial charge in [-0.15, -0.1) is 0 Å². The fourth-order valence-corrected chi connectivity index (χ4v) is 3.28.